The summed E-state index contributed by atoms with van der Waals surface area (Å²) in [4.78, 5) is 33.1. The Bertz CT molecular complexity index is 840. The van der Waals surface area contributed by atoms with Gasteiger partial charge in [-0.05, 0) is 39.8 Å². The lowest BCUT2D eigenvalue weighted by atomic mass is 10.1. The average Bonchev–Trinajstić information content (AvgIpc) is 2.68. The lowest BCUT2D eigenvalue weighted by Crippen LogP contribution is -2.32. The minimum atomic E-state index is -0.499. The molecular weight excluding hydrogens is 342 g/mol. The summed E-state index contributed by atoms with van der Waals surface area (Å²) in [6, 6.07) is 9.30. The van der Waals surface area contributed by atoms with Crippen LogP contribution in [0.5, 0.6) is 0 Å². The van der Waals surface area contributed by atoms with Gasteiger partial charge < -0.3 is 14.5 Å². The van der Waals surface area contributed by atoms with Crippen LogP contribution in [0.25, 0.3) is 16.7 Å². The van der Waals surface area contributed by atoms with Crippen LogP contribution in [-0.2, 0) is 4.74 Å². The molecule has 144 valence electrons. The third-order valence-electron chi connectivity index (χ3n) is 4.50. The average molecular weight is 369 g/mol. The van der Waals surface area contributed by atoms with Crippen molar-refractivity contribution in [3.63, 3.8) is 0 Å². The van der Waals surface area contributed by atoms with E-state index in [1.165, 1.54) is 4.90 Å². The first-order chi connectivity index (χ1) is 13.0. The van der Waals surface area contributed by atoms with Crippen LogP contribution >= 0.6 is 0 Å². The first-order valence-electron chi connectivity index (χ1n) is 9.31. The van der Waals surface area contributed by atoms with Crippen molar-refractivity contribution in [3.8, 4) is 0 Å². The predicted molar refractivity (Wildman–Crippen MR) is 107 cm³/mol. The molecule has 0 spiro atoms. The Kier molecular flexibility index (Phi) is 6.93. The van der Waals surface area contributed by atoms with Crippen LogP contribution in [0.4, 0.5) is 4.79 Å². The molecule has 0 aliphatic rings. The fraction of sp³-hybridized carbons (Fsp3) is 0.381. The maximum absolute atomic E-state index is 13.0. The van der Waals surface area contributed by atoms with E-state index >= 15 is 0 Å². The largest absolute Gasteiger partial charge is 0.415 e. The van der Waals surface area contributed by atoms with Gasteiger partial charge in [-0.2, -0.15) is 0 Å². The number of hydrogen-bond donors (Lipinski definition) is 0. The normalized spacial score (nSPS) is 10.5. The van der Waals surface area contributed by atoms with Crippen molar-refractivity contribution in [1.82, 2.24) is 14.8 Å². The van der Waals surface area contributed by atoms with Crippen molar-refractivity contribution in [2.75, 3.05) is 26.2 Å². The summed E-state index contributed by atoms with van der Waals surface area (Å²) in [5.74, 6) is -0.0820. The molecule has 0 radical (unpaired) electrons. The molecule has 2 rings (SSSR count). The van der Waals surface area contributed by atoms with E-state index in [4.69, 9.17) is 4.74 Å². The van der Waals surface area contributed by atoms with Gasteiger partial charge in [0.1, 0.15) is 5.69 Å². The highest BCUT2D eigenvalue weighted by Gasteiger charge is 2.23. The molecular formula is C21H27N3O3. The maximum Gasteiger partial charge on any atom is 0.415 e. The summed E-state index contributed by atoms with van der Waals surface area (Å²) in [5, 5.41) is 0.847. The molecule has 0 saturated carbocycles. The summed E-state index contributed by atoms with van der Waals surface area (Å²) in [6.45, 7) is 13.7. The minimum Gasteiger partial charge on any atom is -0.408 e. The van der Waals surface area contributed by atoms with E-state index in [0.717, 1.165) is 5.39 Å². The first-order valence-corrected chi connectivity index (χ1v) is 9.31. The van der Waals surface area contributed by atoms with Gasteiger partial charge in [0, 0.05) is 31.6 Å². The van der Waals surface area contributed by atoms with E-state index in [-0.39, 0.29) is 11.7 Å². The molecule has 2 aromatic rings. The van der Waals surface area contributed by atoms with E-state index in [1.807, 2.05) is 52.0 Å². The monoisotopic (exact) mass is 369 g/mol. The molecule has 0 unspecified atom stereocenters. The number of amides is 2. The lowest BCUT2D eigenvalue weighted by molar-refractivity contribution is 0.0771. The third-order valence-corrected chi connectivity index (χ3v) is 4.50. The van der Waals surface area contributed by atoms with E-state index < -0.39 is 6.09 Å². The van der Waals surface area contributed by atoms with Crippen LogP contribution in [0.2, 0.25) is 0 Å². The highest BCUT2D eigenvalue weighted by molar-refractivity contribution is 6.01. The summed E-state index contributed by atoms with van der Waals surface area (Å²) >= 11 is 0. The first kappa shape index (κ1) is 20.4. The van der Waals surface area contributed by atoms with E-state index in [0.29, 0.717) is 43.0 Å². The van der Waals surface area contributed by atoms with Crippen LogP contribution in [0.15, 0.2) is 36.9 Å². The molecule has 1 heterocycles. The fourth-order valence-electron chi connectivity index (χ4n) is 2.87. The van der Waals surface area contributed by atoms with Gasteiger partial charge in [0.25, 0.3) is 5.91 Å². The zero-order chi connectivity index (χ0) is 20.0. The Morgan fingerprint density at radius 2 is 1.59 bits per heavy atom. The highest BCUT2D eigenvalue weighted by atomic mass is 16.6. The number of carbonyl (C=O) groups excluding carboxylic acids is 2. The molecule has 0 aliphatic heterocycles. The number of hydrogen-bond acceptors (Lipinski definition) is 4. The zero-order valence-electron chi connectivity index (χ0n) is 16.5. The molecule has 0 N–H and O–H groups in total. The third kappa shape index (κ3) is 4.45. The summed E-state index contributed by atoms with van der Waals surface area (Å²) in [7, 11) is 0. The van der Waals surface area contributed by atoms with E-state index in [2.05, 4.69) is 11.6 Å². The Hall–Kier alpha value is -2.89. The van der Waals surface area contributed by atoms with Gasteiger partial charge in [0.05, 0.1) is 11.1 Å². The SMILES string of the molecule is C=C(OC(=O)N(CC)CC)c1nc2ccccc2cc1C(=O)N(CC)CC. The Labute approximate surface area is 160 Å². The van der Waals surface area contributed by atoms with Crippen LogP contribution in [0.3, 0.4) is 0 Å². The Morgan fingerprint density at radius 1 is 1.00 bits per heavy atom. The number of ether oxygens (including phenoxy) is 1. The number of para-hydroxylation sites is 1. The topological polar surface area (TPSA) is 62.7 Å². The predicted octanol–water partition coefficient (Wildman–Crippen LogP) is 4.17. The second-order valence-corrected chi connectivity index (χ2v) is 6.02. The van der Waals surface area contributed by atoms with Crippen molar-refractivity contribution >= 4 is 28.7 Å². The van der Waals surface area contributed by atoms with Crippen molar-refractivity contribution in [2.24, 2.45) is 0 Å². The van der Waals surface area contributed by atoms with Gasteiger partial charge in [-0.3, -0.25) is 4.79 Å². The van der Waals surface area contributed by atoms with Crippen molar-refractivity contribution in [1.29, 1.82) is 0 Å². The molecule has 27 heavy (non-hydrogen) atoms. The molecule has 1 aromatic heterocycles. The number of nitrogens with zero attached hydrogens (tertiary/aromatic N) is 3. The van der Waals surface area contributed by atoms with E-state index in [9.17, 15) is 9.59 Å². The Morgan fingerprint density at radius 3 is 2.19 bits per heavy atom. The van der Waals surface area contributed by atoms with Gasteiger partial charge in [-0.1, -0.05) is 24.8 Å². The second kappa shape index (κ2) is 9.16. The fourth-order valence-corrected chi connectivity index (χ4v) is 2.87. The van der Waals surface area contributed by atoms with Crippen molar-refractivity contribution < 1.29 is 14.3 Å². The van der Waals surface area contributed by atoms with Gasteiger partial charge in [-0.25, -0.2) is 9.78 Å². The van der Waals surface area contributed by atoms with Crippen LogP contribution in [0.1, 0.15) is 43.7 Å². The van der Waals surface area contributed by atoms with Crippen LogP contribution in [-0.4, -0.2) is 53.0 Å². The molecule has 6 heteroatoms. The molecule has 0 fully saturated rings. The van der Waals surface area contributed by atoms with Crippen LogP contribution in [0, 0.1) is 0 Å². The number of fused-ring (bicyclic) bond motifs is 1. The quantitative estimate of drug-likeness (QED) is 0.687. The van der Waals surface area contributed by atoms with Crippen molar-refractivity contribution in [3.05, 3.63) is 48.2 Å². The molecule has 2 amide bonds. The second-order valence-electron chi connectivity index (χ2n) is 6.02. The molecule has 0 atom stereocenters. The molecule has 1 aromatic carbocycles. The smallest absolute Gasteiger partial charge is 0.408 e. The molecule has 0 saturated heterocycles. The van der Waals surface area contributed by atoms with Crippen LogP contribution < -0.4 is 0 Å². The lowest BCUT2D eigenvalue weighted by Gasteiger charge is -2.22. The summed E-state index contributed by atoms with van der Waals surface area (Å²) in [5.41, 5.74) is 1.39. The highest BCUT2D eigenvalue weighted by Crippen LogP contribution is 2.24. The maximum atomic E-state index is 13.0. The minimum absolute atomic E-state index is 0.0770. The zero-order valence-corrected chi connectivity index (χ0v) is 16.5. The summed E-state index contributed by atoms with van der Waals surface area (Å²) in [6.07, 6.45) is -0.499. The van der Waals surface area contributed by atoms with Crippen molar-refractivity contribution in [2.45, 2.75) is 27.7 Å². The number of pyridine rings is 1. The van der Waals surface area contributed by atoms with Gasteiger partial charge in [0.2, 0.25) is 0 Å². The van der Waals surface area contributed by atoms with E-state index in [1.54, 1.807) is 11.0 Å². The number of carbonyl (C=O) groups is 2. The van der Waals surface area contributed by atoms with Gasteiger partial charge in [0.15, 0.2) is 5.76 Å². The Balaban J connectivity index is 2.49. The summed E-state index contributed by atoms with van der Waals surface area (Å²) < 4.78 is 5.43. The molecule has 0 bridgehead atoms. The number of aromatic nitrogens is 1. The van der Waals surface area contributed by atoms with Gasteiger partial charge >= 0.3 is 6.09 Å². The number of benzene rings is 1. The van der Waals surface area contributed by atoms with Gasteiger partial charge in [-0.15, -0.1) is 0 Å². The number of rotatable bonds is 7. The molecule has 0 aliphatic carbocycles. The molecule has 6 nitrogen and oxygen atoms in total. The standard InChI is InChI=1S/C21H27N3O3/c1-6-23(7-2)20(25)17-14-16-12-10-11-13-18(16)22-19(17)15(5)27-21(26)24(8-3)9-4/h10-14H,5-9H2,1-4H3.